The minimum absolute atomic E-state index is 0.273. The van der Waals surface area contributed by atoms with Crippen molar-refractivity contribution in [3.63, 3.8) is 0 Å². The van der Waals surface area contributed by atoms with Crippen LogP contribution in [-0.4, -0.2) is 53.2 Å². The number of rotatable bonds is 5. The Morgan fingerprint density at radius 3 is 2.81 bits per heavy atom. The summed E-state index contributed by atoms with van der Waals surface area (Å²) in [7, 11) is 0. The molecule has 1 aliphatic heterocycles. The van der Waals surface area contributed by atoms with Gasteiger partial charge in [0.25, 0.3) is 0 Å². The molecule has 1 aliphatic rings. The van der Waals surface area contributed by atoms with E-state index < -0.39 is 0 Å². The first kappa shape index (κ1) is 16.0. The highest BCUT2D eigenvalue weighted by atomic mass is 16.3. The Hall–Kier alpha value is -1.41. The summed E-state index contributed by atoms with van der Waals surface area (Å²) in [5, 5.41) is 18.8. The zero-order chi connectivity index (χ0) is 15.2. The number of benzene rings is 1. The van der Waals surface area contributed by atoms with E-state index in [4.69, 9.17) is 0 Å². The van der Waals surface area contributed by atoms with Crippen LogP contribution in [0.4, 0.5) is 0 Å². The van der Waals surface area contributed by atoms with Crippen LogP contribution in [0.15, 0.2) is 24.3 Å². The standard InChI is InChI=1S/C17H25N3O/c1-3-17-13-19(8-9-20(17)11-14(2)21)12-16-7-5-4-6-15(16)10-18/h4-7,14,17,21H,3,8-9,11-13H2,1-2H3/t14-,17-/m0/s1. The molecule has 0 radical (unpaired) electrons. The van der Waals surface area contributed by atoms with Gasteiger partial charge >= 0.3 is 0 Å². The number of β-amino-alcohol motifs (C(OH)–C–C–N with tert-alkyl or cyclic N) is 1. The lowest BCUT2D eigenvalue weighted by atomic mass is 10.1. The van der Waals surface area contributed by atoms with Crippen LogP contribution in [0.1, 0.15) is 31.4 Å². The Morgan fingerprint density at radius 2 is 2.14 bits per heavy atom. The molecule has 1 aromatic rings. The number of piperazine rings is 1. The van der Waals surface area contributed by atoms with E-state index in [2.05, 4.69) is 22.8 Å². The molecule has 0 aromatic heterocycles. The minimum atomic E-state index is -0.273. The maximum atomic E-state index is 9.60. The van der Waals surface area contributed by atoms with Crippen LogP contribution < -0.4 is 0 Å². The van der Waals surface area contributed by atoms with Crippen LogP contribution in [0, 0.1) is 11.3 Å². The predicted molar refractivity (Wildman–Crippen MR) is 83.8 cm³/mol. The summed E-state index contributed by atoms with van der Waals surface area (Å²) in [6.07, 6.45) is 0.813. The van der Waals surface area contributed by atoms with E-state index in [0.717, 1.165) is 50.3 Å². The van der Waals surface area contributed by atoms with Gasteiger partial charge in [0.2, 0.25) is 0 Å². The van der Waals surface area contributed by atoms with E-state index in [1.54, 1.807) is 0 Å². The van der Waals surface area contributed by atoms with Gasteiger partial charge in [0.15, 0.2) is 0 Å². The lowest BCUT2D eigenvalue weighted by molar-refractivity contribution is 0.0337. The molecule has 4 heteroatoms. The van der Waals surface area contributed by atoms with Gasteiger partial charge in [-0.1, -0.05) is 25.1 Å². The van der Waals surface area contributed by atoms with Crippen molar-refractivity contribution in [2.45, 2.75) is 39.0 Å². The minimum Gasteiger partial charge on any atom is -0.392 e. The zero-order valence-corrected chi connectivity index (χ0v) is 13.0. The molecule has 0 aliphatic carbocycles. The van der Waals surface area contributed by atoms with E-state index >= 15 is 0 Å². The third-order valence-electron chi connectivity index (χ3n) is 4.19. The van der Waals surface area contributed by atoms with Gasteiger partial charge < -0.3 is 5.11 Å². The van der Waals surface area contributed by atoms with Gasteiger partial charge in [-0.3, -0.25) is 9.80 Å². The Balaban J connectivity index is 1.99. The van der Waals surface area contributed by atoms with Crippen LogP contribution in [0.3, 0.4) is 0 Å². The summed E-state index contributed by atoms with van der Waals surface area (Å²) in [4.78, 5) is 4.81. The fourth-order valence-electron chi connectivity index (χ4n) is 3.08. The van der Waals surface area contributed by atoms with Crippen LogP contribution in [0.25, 0.3) is 0 Å². The Morgan fingerprint density at radius 1 is 1.38 bits per heavy atom. The van der Waals surface area contributed by atoms with Gasteiger partial charge in [-0.2, -0.15) is 5.26 Å². The first-order chi connectivity index (χ1) is 10.1. The maximum Gasteiger partial charge on any atom is 0.0995 e. The van der Waals surface area contributed by atoms with E-state index in [0.29, 0.717) is 6.04 Å². The Labute approximate surface area is 127 Å². The SMILES string of the molecule is CC[C@H]1CN(Cc2ccccc2C#N)CCN1C[C@H](C)O. The van der Waals surface area contributed by atoms with Gasteiger partial charge in [0, 0.05) is 38.8 Å². The van der Waals surface area contributed by atoms with Gasteiger partial charge in [-0.15, -0.1) is 0 Å². The summed E-state index contributed by atoms with van der Waals surface area (Å²) in [6, 6.07) is 10.6. The number of aliphatic hydroxyl groups excluding tert-OH is 1. The molecule has 1 aromatic carbocycles. The molecule has 1 saturated heterocycles. The molecule has 0 amide bonds. The van der Waals surface area contributed by atoms with Gasteiger partial charge in [-0.25, -0.2) is 0 Å². The molecule has 21 heavy (non-hydrogen) atoms. The monoisotopic (exact) mass is 287 g/mol. The third-order valence-corrected chi connectivity index (χ3v) is 4.19. The van der Waals surface area contributed by atoms with E-state index in [9.17, 15) is 10.4 Å². The van der Waals surface area contributed by atoms with Crippen molar-refractivity contribution >= 4 is 0 Å². The average molecular weight is 287 g/mol. The molecule has 0 spiro atoms. The number of nitrogens with zero attached hydrogens (tertiary/aromatic N) is 3. The highest BCUT2D eigenvalue weighted by Gasteiger charge is 2.26. The molecular weight excluding hydrogens is 262 g/mol. The molecule has 114 valence electrons. The predicted octanol–water partition coefficient (Wildman–Crippen LogP) is 1.84. The van der Waals surface area contributed by atoms with Crippen molar-refractivity contribution in [3.05, 3.63) is 35.4 Å². The van der Waals surface area contributed by atoms with Crippen molar-refractivity contribution < 1.29 is 5.11 Å². The molecule has 0 bridgehead atoms. The van der Waals surface area contributed by atoms with Crippen LogP contribution in [-0.2, 0) is 6.54 Å². The highest BCUT2D eigenvalue weighted by molar-refractivity contribution is 5.37. The average Bonchev–Trinajstić information content (AvgIpc) is 2.49. The zero-order valence-electron chi connectivity index (χ0n) is 13.0. The Kier molecular flexibility index (Phi) is 5.75. The highest BCUT2D eigenvalue weighted by Crippen LogP contribution is 2.17. The van der Waals surface area contributed by atoms with E-state index in [1.165, 1.54) is 0 Å². The molecule has 1 fully saturated rings. The first-order valence-electron chi connectivity index (χ1n) is 7.76. The topological polar surface area (TPSA) is 50.5 Å². The quantitative estimate of drug-likeness (QED) is 0.898. The first-order valence-corrected chi connectivity index (χ1v) is 7.76. The van der Waals surface area contributed by atoms with Gasteiger partial charge in [0.05, 0.1) is 17.7 Å². The molecule has 2 atom stereocenters. The number of aliphatic hydroxyl groups is 1. The molecule has 4 nitrogen and oxygen atoms in total. The second kappa shape index (κ2) is 7.56. The lowest BCUT2D eigenvalue weighted by Crippen LogP contribution is -2.54. The summed E-state index contributed by atoms with van der Waals surface area (Å²) < 4.78 is 0. The second-order valence-electron chi connectivity index (χ2n) is 5.91. The van der Waals surface area contributed by atoms with Crippen molar-refractivity contribution in [1.82, 2.24) is 9.80 Å². The molecular formula is C17H25N3O. The van der Waals surface area contributed by atoms with E-state index in [-0.39, 0.29) is 6.10 Å². The Bertz CT molecular complexity index is 495. The third kappa shape index (κ3) is 4.28. The second-order valence-corrected chi connectivity index (χ2v) is 5.91. The van der Waals surface area contributed by atoms with Gasteiger partial charge in [0.1, 0.15) is 0 Å². The number of hydrogen-bond acceptors (Lipinski definition) is 4. The van der Waals surface area contributed by atoms with Crippen molar-refractivity contribution in [1.29, 1.82) is 5.26 Å². The van der Waals surface area contributed by atoms with Crippen LogP contribution in [0.2, 0.25) is 0 Å². The largest absolute Gasteiger partial charge is 0.392 e. The van der Waals surface area contributed by atoms with Gasteiger partial charge in [-0.05, 0) is 25.0 Å². The normalized spacial score (nSPS) is 21.9. The smallest absolute Gasteiger partial charge is 0.0995 e. The molecule has 2 rings (SSSR count). The number of hydrogen-bond donors (Lipinski definition) is 1. The molecule has 1 N–H and O–H groups in total. The fraction of sp³-hybridized carbons (Fsp3) is 0.588. The molecule has 0 saturated carbocycles. The molecule has 0 unspecified atom stereocenters. The summed E-state index contributed by atoms with van der Waals surface area (Å²) in [5.41, 5.74) is 1.88. The van der Waals surface area contributed by atoms with Crippen LogP contribution in [0.5, 0.6) is 0 Å². The summed E-state index contributed by atoms with van der Waals surface area (Å²) >= 11 is 0. The summed E-state index contributed by atoms with van der Waals surface area (Å²) in [5.74, 6) is 0. The van der Waals surface area contributed by atoms with Crippen molar-refractivity contribution in [3.8, 4) is 6.07 Å². The maximum absolute atomic E-state index is 9.60. The van der Waals surface area contributed by atoms with Crippen LogP contribution >= 0.6 is 0 Å². The molecule has 1 heterocycles. The van der Waals surface area contributed by atoms with Crippen molar-refractivity contribution in [2.75, 3.05) is 26.2 Å². The van der Waals surface area contributed by atoms with Crippen molar-refractivity contribution in [2.24, 2.45) is 0 Å². The number of nitriles is 1. The van der Waals surface area contributed by atoms with E-state index in [1.807, 2.05) is 31.2 Å². The summed E-state index contributed by atoms with van der Waals surface area (Å²) in [6.45, 7) is 8.61. The lowest BCUT2D eigenvalue weighted by Gasteiger charge is -2.41. The fourth-order valence-corrected chi connectivity index (χ4v) is 3.08.